The molecule has 0 radical (unpaired) electrons. The van der Waals surface area contributed by atoms with E-state index in [0.29, 0.717) is 5.56 Å². The van der Waals surface area contributed by atoms with Gasteiger partial charge < -0.3 is 19.3 Å². The molecular weight excluding hydrogens is 626 g/mol. The Kier molecular flexibility index (Phi) is 7.30. The highest BCUT2D eigenvalue weighted by Gasteiger charge is 2.68. The molecule has 1 aliphatic carbocycles. The summed E-state index contributed by atoms with van der Waals surface area (Å²) in [5.41, 5.74) is -6.08. The van der Waals surface area contributed by atoms with Crippen LogP contribution in [0.15, 0.2) is 66.7 Å². The van der Waals surface area contributed by atoms with Crippen molar-refractivity contribution >= 4 is 34.9 Å². The zero-order valence-corrected chi connectivity index (χ0v) is 24.8. The van der Waals surface area contributed by atoms with Crippen molar-refractivity contribution in [1.29, 1.82) is 0 Å². The number of para-hydroxylation sites is 1. The van der Waals surface area contributed by atoms with Crippen LogP contribution in [0.2, 0.25) is 5.02 Å². The van der Waals surface area contributed by atoms with E-state index in [9.17, 15) is 35.9 Å². The Morgan fingerprint density at radius 1 is 0.756 bits per heavy atom. The fraction of sp³-hybridized carbons (Fsp3) is 0.375. The van der Waals surface area contributed by atoms with Crippen LogP contribution in [0, 0.1) is 5.92 Å². The molecule has 6 rings (SSSR count). The normalized spacial score (nSPS) is 27.0. The van der Waals surface area contributed by atoms with Gasteiger partial charge in [0.2, 0.25) is 0 Å². The van der Waals surface area contributed by atoms with Crippen LogP contribution < -0.4 is 9.80 Å². The number of halogens is 7. The maximum Gasteiger partial charge on any atom is 0.453 e. The largest absolute Gasteiger partial charge is 0.453 e. The molecule has 13 heteroatoms. The Morgan fingerprint density at radius 2 is 1.38 bits per heavy atom. The van der Waals surface area contributed by atoms with Crippen LogP contribution >= 0.6 is 11.6 Å². The van der Waals surface area contributed by atoms with Gasteiger partial charge in [-0.1, -0.05) is 54.1 Å². The number of fused-ring (bicyclic) bond motifs is 2. The smallest absolute Gasteiger partial charge is 0.425 e. The van der Waals surface area contributed by atoms with Gasteiger partial charge in [-0.2, -0.15) is 26.3 Å². The van der Waals surface area contributed by atoms with Crippen molar-refractivity contribution in [2.45, 2.75) is 55.4 Å². The number of nitrogens with zero attached hydrogens (tertiary/aromatic N) is 2. The molecule has 0 amide bonds. The first-order valence-electron chi connectivity index (χ1n) is 14.2. The topological polar surface area (TPSA) is 59.1 Å². The summed E-state index contributed by atoms with van der Waals surface area (Å²) in [5, 5.41) is -0.130. The van der Waals surface area contributed by atoms with Gasteiger partial charge in [0.05, 0.1) is 22.0 Å². The fourth-order valence-corrected chi connectivity index (χ4v) is 7.40. The van der Waals surface area contributed by atoms with Crippen LogP contribution in [0.4, 0.5) is 37.7 Å². The zero-order valence-electron chi connectivity index (χ0n) is 24.0. The average molecular weight is 653 g/mol. The van der Waals surface area contributed by atoms with E-state index in [4.69, 9.17) is 21.1 Å². The van der Waals surface area contributed by atoms with Crippen LogP contribution in [-0.4, -0.2) is 44.1 Å². The Hall–Kier alpha value is -3.93. The number of hydrogen-bond donors (Lipinski definition) is 0. The molecule has 3 aromatic carbocycles. The third kappa shape index (κ3) is 4.54. The molecule has 238 valence electrons. The standard InChI is InChI=1S/C32H27ClF6N2O4/c1-40-24-11-7-6-10-22(24)27(42)44-30(40,32(37,38)39)21-14-12-18(13-15-21)19-16-23(33)26-25(17-19)41(2)29(31(34,35)36,45-28(26)43)20-8-4-3-5-9-20/h3-11,16-18,21H,12-15H2,1-2H3/t18?,21?,29-,30-/m0/s1. The van der Waals surface area contributed by atoms with Crippen molar-refractivity contribution in [2.75, 3.05) is 23.9 Å². The molecule has 2 heterocycles. The van der Waals surface area contributed by atoms with E-state index in [2.05, 4.69) is 0 Å². The van der Waals surface area contributed by atoms with E-state index in [1.165, 1.54) is 61.6 Å². The molecule has 0 N–H and O–H groups in total. The highest BCUT2D eigenvalue weighted by Crippen LogP contribution is 2.55. The minimum atomic E-state index is -5.05. The molecule has 2 atom stereocenters. The van der Waals surface area contributed by atoms with Gasteiger partial charge in [-0.05, 0) is 61.4 Å². The highest BCUT2D eigenvalue weighted by molar-refractivity contribution is 6.34. The Bertz CT molecular complexity index is 1660. The van der Waals surface area contributed by atoms with Crippen LogP contribution in [0.3, 0.4) is 0 Å². The van der Waals surface area contributed by atoms with E-state index in [0.717, 1.165) is 16.8 Å². The summed E-state index contributed by atoms with van der Waals surface area (Å²) in [4.78, 5) is 27.7. The van der Waals surface area contributed by atoms with Gasteiger partial charge in [0, 0.05) is 25.6 Å². The molecule has 3 aliphatic rings. The lowest BCUT2D eigenvalue weighted by Gasteiger charge is -2.51. The van der Waals surface area contributed by atoms with Gasteiger partial charge in [0.1, 0.15) is 5.56 Å². The number of esters is 2. The molecule has 0 aromatic heterocycles. The van der Waals surface area contributed by atoms with E-state index in [1.807, 2.05) is 0 Å². The van der Waals surface area contributed by atoms with Crippen molar-refractivity contribution in [3.8, 4) is 0 Å². The first-order valence-corrected chi connectivity index (χ1v) is 14.6. The van der Waals surface area contributed by atoms with Crippen LogP contribution in [0.25, 0.3) is 0 Å². The molecule has 45 heavy (non-hydrogen) atoms. The van der Waals surface area contributed by atoms with E-state index < -0.39 is 47.6 Å². The summed E-state index contributed by atoms with van der Waals surface area (Å²) in [5.74, 6) is -3.84. The van der Waals surface area contributed by atoms with E-state index in [-0.39, 0.29) is 58.8 Å². The van der Waals surface area contributed by atoms with Crippen LogP contribution in [-0.2, 0) is 15.2 Å². The van der Waals surface area contributed by atoms with Gasteiger partial charge in [0.25, 0.3) is 5.72 Å². The Labute approximate surface area is 259 Å². The molecule has 0 bridgehead atoms. The van der Waals surface area contributed by atoms with Crippen LogP contribution in [0.5, 0.6) is 0 Å². The number of alkyl halides is 6. The number of ether oxygens (including phenoxy) is 2. The summed E-state index contributed by atoms with van der Waals surface area (Å²) in [7, 11) is 2.41. The number of hydrogen-bond acceptors (Lipinski definition) is 6. The maximum absolute atomic E-state index is 14.9. The number of cyclic esters (lactones) is 2. The fourth-order valence-electron chi connectivity index (χ4n) is 7.10. The van der Waals surface area contributed by atoms with Crippen molar-refractivity contribution in [2.24, 2.45) is 5.92 Å². The third-order valence-corrected chi connectivity index (χ3v) is 9.61. The lowest BCUT2D eigenvalue weighted by Crippen LogP contribution is -2.67. The van der Waals surface area contributed by atoms with E-state index >= 15 is 0 Å². The number of rotatable bonds is 3. The molecule has 2 aliphatic heterocycles. The first kappa shape index (κ1) is 31.1. The molecule has 0 spiro atoms. The monoisotopic (exact) mass is 652 g/mol. The summed E-state index contributed by atoms with van der Waals surface area (Å²) >= 11 is 6.47. The number of anilines is 2. The lowest BCUT2D eigenvalue weighted by molar-refractivity contribution is -0.281. The molecule has 0 saturated heterocycles. The lowest BCUT2D eigenvalue weighted by atomic mass is 9.73. The van der Waals surface area contributed by atoms with Crippen molar-refractivity contribution in [1.82, 2.24) is 0 Å². The van der Waals surface area contributed by atoms with Gasteiger partial charge in [-0.15, -0.1) is 0 Å². The third-order valence-electron chi connectivity index (χ3n) is 9.31. The number of benzene rings is 3. The maximum atomic E-state index is 14.9. The number of carbonyl (C=O) groups excluding carboxylic acids is 2. The summed E-state index contributed by atoms with van der Waals surface area (Å²) in [6, 6.07) is 15.6. The Morgan fingerprint density at radius 3 is 2.00 bits per heavy atom. The summed E-state index contributed by atoms with van der Waals surface area (Å²) in [6.45, 7) is 0. The average Bonchev–Trinajstić information content (AvgIpc) is 2.99. The molecule has 0 unspecified atom stereocenters. The molecule has 1 fully saturated rings. The minimum absolute atomic E-state index is 0.00689. The van der Waals surface area contributed by atoms with Gasteiger partial charge in [0.15, 0.2) is 0 Å². The van der Waals surface area contributed by atoms with Crippen molar-refractivity contribution in [3.05, 3.63) is 94.0 Å². The number of carbonyl (C=O) groups is 2. The predicted molar refractivity (Wildman–Crippen MR) is 153 cm³/mol. The second-order valence-electron chi connectivity index (χ2n) is 11.6. The zero-order chi connectivity index (χ0) is 32.5. The molecule has 3 aromatic rings. The molecule has 1 saturated carbocycles. The van der Waals surface area contributed by atoms with Gasteiger partial charge in [-0.3, -0.25) is 0 Å². The highest BCUT2D eigenvalue weighted by atomic mass is 35.5. The van der Waals surface area contributed by atoms with Crippen molar-refractivity contribution in [3.63, 3.8) is 0 Å². The molecule has 6 nitrogen and oxygen atoms in total. The SMILES string of the molecule is CN1c2cc(C3CCC([C@@]4(C(F)(F)F)OC(=O)c5ccccc5N4C)CC3)cc(Cl)c2C(=O)O[C@@]1(c1ccccc1)C(F)(F)F. The van der Waals surface area contributed by atoms with Gasteiger partial charge in [-0.25, -0.2) is 9.59 Å². The quantitative estimate of drug-likeness (QED) is 0.210. The predicted octanol–water partition coefficient (Wildman–Crippen LogP) is 8.20. The molecular formula is C32H27ClF6N2O4. The second-order valence-corrected chi connectivity index (χ2v) is 12.0. The van der Waals surface area contributed by atoms with Crippen LogP contribution in [0.1, 0.15) is 63.4 Å². The second kappa shape index (κ2) is 10.6. The summed E-state index contributed by atoms with van der Waals surface area (Å²) < 4.78 is 99.3. The summed E-state index contributed by atoms with van der Waals surface area (Å²) in [6.07, 6.45) is -9.60. The Balaban J connectivity index is 1.33. The van der Waals surface area contributed by atoms with E-state index in [1.54, 1.807) is 12.1 Å². The minimum Gasteiger partial charge on any atom is -0.425 e. The van der Waals surface area contributed by atoms with Crippen molar-refractivity contribution < 1.29 is 45.4 Å². The van der Waals surface area contributed by atoms with Gasteiger partial charge >= 0.3 is 30.0 Å². The first-order chi connectivity index (χ1) is 21.1.